The van der Waals surface area contributed by atoms with Crippen LogP contribution in [0.3, 0.4) is 0 Å². The van der Waals surface area contributed by atoms with Crippen LogP contribution in [-0.2, 0) is 33.6 Å². The molecular formula is C83H160N22O7. The predicted octanol–water partition coefficient (Wildman–Crippen LogP) is 0.143. The van der Waals surface area contributed by atoms with Crippen LogP contribution in [0.1, 0.15) is 116 Å². The summed E-state index contributed by atoms with van der Waals surface area (Å²) in [4.78, 5) is 131. The van der Waals surface area contributed by atoms with Crippen LogP contribution in [0.15, 0.2) is 0 Å². The van der Waals surface area contributed by atoms with Crippen LogP contribution in [-0.4, -0.2) is 527 Å². The molecule has 0 saturated carbocycles. The standard InChI is InChI=1S/6C12H23N3O.C11H22N4O/c6*1-13-7-9-14(10-8-13)11-12(16)15-5-3-2-4-6-15;1-13-6-8-14(9-7-13)10-11(16)15-4-2-12-3-5-15/h6*2-11H2,1H3;12H,2-10H2,1H3. The summed E-state index contributed by atoms with van der Waals surface area (Å²) in [7, 11) is 15.0. The predicted molar refractivity (Wildman–Crippen MR) is 450 cm³/mol. The van der Waals surface area contributed by atoms with E-state index in [4.69, 9.17) is 0 Å². The third-order valence-corrected chi connectivity index (χ3v) is 25.4. The third-order valence-electron chi connectivity index (χ3n) is 25.4. The Labute approximate surface area is 678 Å². The molecule has 0 aromatic carbocycles. The minimum atomic E-state index is 0.297. The van der Waals surface area contributed by atoms with E-state index in [9.17, 15) is 33.6 Å². The Kier molecular flexibility index (Phi) is 44.3. The van der Waals surface area contributed by atoms with Gasteiger partial charge in [-0.15, -0.1) is 0 Å². The normalized spacial score (nSPS) is 24.7. The molecule has 0 spiro atoms. The summed E-state index contributed by atoms with van der Waals surface area (Å²) in [5.74, 6) is 2.32. The fraction of sp³-hybridized carbons (Fsp3) is 0.916. The van der Waals surface area contributed by atoms with Gasteiger partial charge in [-0.05, 0) is 165 Å². The van der Waals surface area contributed by atoms with Crippen molar-refractivity contribution >= 4 is 41.4 Å². The molecule has 29 nitrogen and oxygen atoms in total. The van der Waals surface area contributed by atoms with Crippen LogP contribution in [0.4, 0.5) is 0 Å². The van der Waals surface area contributed by atoms with Crippen molar-refractivity contribution in [2.45, 2.75) is 116 Å². The molecule has 644 valence electrons. The minimum Gasteiger partial charge on any atom is -0.342 e. The Hall–Kier alpha value is -4.31. The van der Waals surface area contributed by atoms with E-state index in [1.165, 1.54) is 116 Å². The highest BCUT2D eigenvalue weighted by Gasteiger charge is 2.29. The Balaban J connectivity index is 0.000000164. The van der Waals surface area contributed by atoms with Gasteiger partial charge in [-0.3, -0.25) is 67.9 Å². The van der Waals surface area contributed by atoms with Gasteiger partial charge in [0.15, 0.2) is 0 Å². The first-order valence-electron chi connectivity index (χ1n) is 44.8. The van der Waals surface area contributed by atoms with Crippen molar-refractivity contribution in [3.05, 3.63) is 0 Å². The van der Waals surface area contributed by atoms with E-state index in [1.54, 1.807) is 0 Å². The zero-order valence-electron chi connectivity index (χ0n) is 72.0. The molecular weight excluding hydrogens is 1420 g/mol. The molecule has 0 aromatic rings. The number of piperazine rings is 8. The molecule has 14 saturated heterocycles. The molecule has 0 bridgehead atoms. The molecule has 14 heterocycles. The third kappa shape index (κ3) is 36.7. The van der Waals surface area contributed by atoms with Crippen molar-refractivity contribution in [2.24, 2.45) is 0 Å². The smallest absolute Gasteiger partial charge is 0.236 e. The molecule has 112 heavy (non-hydrogen) atoms. The molecule has 0 radical (unpaired) electrons. The van der Waals surface area contributed by atoms with Crippen molar-refractivity contribution in [3.8, 4) is 0 Å². The van der Waals surface area contributed by atoms with Gasteiger partial charge in [-0.25, -0.2) is 0 Å². The summed E-state index contributed by atoms with van der Waals surface area (Å²) < 4.78 is 0. The second-order valence-electron chi connectivity index (χ2n) is 34.8. The first kappa shape index (κ1) is 93.2. The maximum Gasteiger partial charge on any atom is 0.236 e. The average molecular weight is 1580 g/mol. The van der Waals surface area contributed by atoms with Crippen molar-refractivity contribution < 1.29 is 33.6 Å². The monoisotopic (exact) mass is 1580 g/mol. The first-order valence-corrected chi connectivity index (χ1v) is 44.8. The molecule has 14 aliphatic heterocycles. The van der Waals surface area contributed by atoms with Crippen LogP contribution in [0.5, 0.6) is 0 Å². The van der Waals surface area contributed by atoms with Crippen LogP contribution in [0, 0.1) is 0 Å². The summed E-state index contributed by atoms with van der Waals surface area (Å²) in [6, 6.07) is 0. The van der Waals surface area contributed by atoms with Gasteiger partial charge < -0.3 is 73.9 Å². The zero-order valence-corrected chi connectivity index (χ0v) is 72.0. The summed E-state index contributed by atoms with van der Waals surface area (Å²) in [6.07, 6.45) is 22.0. The lowest BCUT2D eigenvalue weighted by Crippen LogP contribution is -2.52. The molecule has 0 aromatic heterocycles. The minimum absolute atomic E-state index is 0.297. The zero-order chi connectivity index (χ0) is 79.7. The molecule has 0 aliphatic carbocycles. The second kappa shape index (κ2) is 53.2. The van der Waals surface area contributed by atoms with Gasteiger partial charge in [0, 0.05) is 288 Å². The molecule has 14 rings (SSSR count). The fourth-order valence-corrected chi connectivity index (χ4v) is 16.9. The largest absolute Gasteiger partial charge is 0.342 e. The molecule has 29 heteroatoms. The number of nitrogens with zero attached hydrogens (tertiary/aromatic N) is 21. The molecule has 14 fully saturated rings. The summed E-state index contributed by atoms with van der Waals surface area (Å²) >= 11 is 0. The van der Waals surface area contributed by atoms with E-state index in [2.05, 4.69) is 123 Å². The molecule has 14 aliphatic rings. The number of likely N-dealkylation sites (tertiary alicyclic amines) is 6. The molecule has 7 amide bonds. The highest BCUT2D eigenvalue weighted by Crippen LogP contribution is 2.17. The van der Waals surface area contributed by atoms with Crippen molar-refractivity contribution in [1.82, 2.24) is 108 Å². The van der Waals surface area contributed by atoms with Gasteiger partial charge in [-0.2, -0.15) is 0 Å². The van der Waals surface area contributed by atoms with Gasteiger partial charge in [0.1, 0.15) is 0 Å². The summed E-state index contributed by atoms with van der Waals surface area (Å²) in [5, 5.41) is 3.26. The average Bonchev–Trinajstić information content (AvgIpc) is 0.913. The first-order chi connectivity index (χ1) is 54.3. The quantitative estimate of drug-likeness (QED) is 0.246. The number of rotatable bonds is 14. The maximum atomic E-state index is 12.0. The van der Waals surface area contributed by atoms with E-state index in [0.29, 0.717) is 87.2 Å². The van der Waals surface area contributed by atoms with Gasteiger partial charge in [0.25, 0.3) is 0 Å². The van der Waals surface area contributed by atoms with E-state index < -0.39 is 0 Å². The fourth-order valence-electron chi connectivity index (χ4n) is 16.9. The summed E-state index contributed by atoms with van der Waals surface area (Å²) in [6.45, 7) is 49.5. The number of carbonyl (C=O) groups excluding carboxylic acids is 7. The number of nitrogens with one attached hydrogen (secondary N) is 1. The van der Waals surface area contributed by atoms with Crippen LogP contribution in [0.2, 0.25) is 0 Å². The lowest BCUT2D eigenvalue weighted by Gasteiger charge is -2.34. The Bertz CT molecular complexity index is 2110. The van der Waals surface area contributed by atoms with Crippen LogP contribution < -0.4 is 5.32 Å². The Morgan fingerprint density at radius 2 is 0.277 bits per heavy atom. The molecule has 0 unspecified atom stereocenters. The van der Waals surface area contributed by atoms with Gasteiger partial charge in [0.05, 0.1) is 45.8 Å². The van der Waals surface area contributed by atoms with Crippen LogP contribution >= 0.6 is 0 Å². The SMILES string of the molecule is CN1CCN(CC(=O)N2CCCCC2)CC1.CN1CCN(CC(=O)N2CCCCC2)CC1.CN1CCN(CC(=O)N2CCCCC2)CC1.CN1CCN(CC(=O)N2CCCCC2)CC1.CN1CCN(CC(=O)N2CCCCC2)CC1.CN1CCN(CC(=O)N2CCCCC2)CC1.CN1CCN(CC(=O)N2CCNCC2)CC1. The second-order valence-corrected chi connectivity index (χ2v) is 34.8. The molecule has 1 N–H and O–H groups in total. The van der Waals surface area contributed by atoms with Crippen LogP contribution in [0.25, 0.3) is 0 Å². The number of amides is 7. The highest BCUT2D eigenvalue weighted by atomic mass is 16.2. The molecule has 0 atom stereocenters. The van der Waals surface area contributed by atoms with Crippen molar-refractivity contribution in [1.29, 1.82) is 0 Å². The lowest BCUT2D eigenvalue weighted by atomic mass is 10.1. The number of carbonyl (C=O) groups is 7. The summed E-state index contributed by atoms with van der Waals surface area (Å²) in [5.41, 5.74) is 0. The Morgan fingerprint density at radius 1 is 0.161 bits per heavy atom. The maximum absolute atomic E-state index is 12.0. The van der Waals surface area contributed by atoms with Crippen molar-refractivity contribution in [3.63, 3.8) is 0 Å². The number of likely N-dealkylation sites (N-methyl/N-ethyl adjacent to an activating group) is 7. The van der Waals surface area contributed by atoms with E-state index >= 15 is 0 Å². The van der Waals surface area contributed by atoms with Gasteiger partial charge >= 0.3 is 0 Å². The topological polar surface area (TPSA) is 200 Å². The van der Waals surface area contributed by atoms with Gasteiger partial charge in [-0.1, -0.05) is 0 Å². The van der Waals surface area contributed by atoms with E-state index in [-0.39, 0.29) is 0 Å². The highest BCUT2D eigenvalue weighted by molar-refractivity contribution is 5.81. The van der Waals surface area contributed by atoms with Crippen molar-refractivity contribution in [2.75, 3.05) is 383 Å². The van der Waals surface area contributed by atoms with E-state index in [0.717, 1.165) is 288 Å². The van der Waals surface area contributed by atoms with E-state index in [1.807, 2.05) is 34.3 Å². The number of piperidine rings is 6. The van der Waals surface area contributed by atoms with Gasteiger partial charge in [0.2, 0.25) is 41.4 Å². The number of hydrogen-bond donors (Lipinski definition) is 1. The Morgan fingerprint density at radius 3 is 0.402 bits per heavy atom. The lowest BCUT2D eigenvalue weighted by molar-refractivity contribution is -0.134. The number of hydrogen-bond acceptors (Lipinski definition) is 22.